The van der Waals surface area contributed by atoms with Gasteiger partial charge >= 0.3 is 0 Å². The normalized spacial score (nSPS) is 19.5. The van der Waals surface area contributed by atoms with Gasteiger partial charge in [-0.05, 0) is 56.7 Å². The molecule has 3 nitrogen and oxygen atoms in total. The van der Waals surface area contributed by atoms with Crippen LogP contribution in [0.25, 0.3) is 0 Å². The summed E-state index contributed by atoms with van der Waals surface area (Å²) in [5.41, 5.74) is 5.82. The van der Waals surface area contributed by atoms with Gasteiger partial charge in [0.05, 0.1) is 5.84 Å². The average molecular weight is 239 g/mol. The SMILES string of the molecule is CC(C)(C)C1CCN(CCCCC(=N)N)CC1. The third-order valence-corrected chi connectivity index (χ3v) is 3.98. The summed E-state index contributed by atoms with van der Waals surface area (Å²) in [5, 5.41) is 7.18. The standard InChI is InChI=1S/C14H29N3/c1-14(2,3)12-7-10-17(11-8-12)9-5-4-6-13(15)16/h12H,4-11H2,1-3H3,(H3,15,16). The van der Waals surface area contributed by atoms with Gasteiger partial charge in [-0.3, -0.25) is 5.41 Å². The molecule has 1 aliphatic heterocycles. The molecule has 1 rings (SSSR count). The number of nitrogens with zero attached hydrogens (tertiary/aromatic N) is 1. The maximum absolute atomic E-state index is 7.18. The van der Waals surface area contributed by atoms with E-state index in [0.29, 0.717) is 11.3 Å². The summed E-state index contributed by atoms with van der Waals surface area (Å²) in [6.07, 6.45) is 5.69. The second-order valence-corrected chi connectivity index (χ2v) is 6.46. The molecule has 0 spiro atoms. The predicted octanol–water partition coefficient (Wildman–Crippen LogP) is 2.85. The highest BCUT2D eigenvalue weighted by Gasteiger charge is 2.28. The Morgan fingerprint density at radius 3 is 2.29 bits per heavy atom. The van der Waals surface area contributed by atoms with Crippen molar-refractivity contribution in [2.24, 2.45) is 17.1 Å². The zero-order chi connectivity index (χ0) is 12.9. The third-order valence-electron chi connectivity index (χ3n) is 3.98. The summed E-state index contributed by atoms with van der Waals surface area (Å²) in [4.78, 5) is 2.57. The van der Waals surface area contributed by atoms with E-state index in [1.807, 2.05) is 0 Å². The van der Waals surface area contributed by atoms with E-state index in [4.69, 9.17) is 11.1 Å². The topological polar surface area (TPSA) is 53.1 Å². The lowest BCUT2D eigenvalue weighted by molar-refractivity contribution is 0.111. The van der Waals surface area contributed by atoms with Crippen molar-refractivity contribution < 1.29 is 0 Å². The molecule has 0 saturated carbocycles. The van der Waals surface area contributed by atoms with Crippen LogP contribution in [-0.4, -0.2) is 30.4 Å². The Morgan fingerprint density at radius 2 is 1.82 bits per heavy atom. The van der Waals surface area contributed by atoms with E-state index in [-0.39, 0.29) is 0 Å². The molecule has 3 N–H and O–H groups in total. The molecule has 0 aliphatic carbocycles. The Bertz CT molecular complexity index is 234. The molecule has 1 heterocycles. The van der Waals surface area contributed by atoms with Gasteiger partial charge < -0.3 is 10.6 Å². The summed E-state index contributed by atoms with van der Waals surface area (Å²) < 4.78 is 0. The number of likely N-dealkylation sites (tertiary alicyclic amines) is 1. The van der Waals surface area contributed by atoms with E-state index in [1.54, 1.807) is 0 Å². The molecule has 0 unspecified atom stereocenters. The number of piperidine rings is 1. The van der Waals surface area contributed by atoms with E-state index in [1.165, 1.54) is 38.9 Å². The van der Waals surface area contributed by atoms with Crippen LogP contribution in [0.5, 0.6) is 0 Å². The summed E-state index contributed by atoms with van der Waals surface area (Å²) in [7, 11) is 0. The van der Waals surface area contributed by atoms with E-state index >= 15 is 0 Å². The van der Waals surface area contributed by atoms with Crippen molar-refractivity contribution in [1.82, 2.24) is 4.90 Å². The van der Waals surface area contributed by atoms with E-state index in [0.717, 1.165) is 18.8 Å². The Morgan fingerprint density at radius 1 is 1.24 bits per heavy atom. The molecular weight excluding hydrogens is 210 g/mol. The fraction of sp³-hybridized carbons (Fsp3) is 0.929. The first-order valence-corrected chi connectivity index (χ1v) is 6.95. The molecule has 0 aromatic carbocycles. The minimum atomic E-state index is 0.330. The first-order valence-electron chi connectivity index (χ1n) is 6.95. The van der Waals surface area contributed by atoms with Crippen LogP contribution in [0.4, 0.5) is 0 Å². The number of hydrogen-bond acceptors (Lipinski definition) is 2. The molecule has 1 saturated heterocycles. The largest absolute Gasteiger partial charge is 0.388 e. The van der Waals surface area contributed by atoms with Gasteiger partial charge in [-0.1, -0.05) is 20.8 Å². The number of nitrogens with one attached hydrogen (secondary N) is 1. The second-order valence-electron chi connectivity index (χ2n) is 6.46. The molecule has 17 heavy (non-hydrogen) atoms. The van der Waals surface area contributed by atoms with Crippen molar-refractivity contribution in [3.63, 3.8) is 0 Å². The maximum Gasteiger partial charge on any atom is 0.0905 e. The van der Waals surface area contributed by atoms with E-state index in [2.05, 4.69) is 25.7 Å². The lowest BCUT2D eigenvalue weighted by Gasteiger charge is -2.38. The van der Waals surface area contributed by atoms with Crippen LogP contribution in [0, 0.1) is 16.7 Å². The maximum atomic E-state index is 7.18. The molecule has 0 bridgehead atoms. The quantitative estimate of drug-likeness (QED) is 0.440. The highest BCUT2D eigenvalue weighted by molar-refractivity contribution is 5.76. The Balaban J connectivity index is 2.13. The molecule has 0 atom stereocenters. The number of amidine groups is 1. The van der Waals surface area contributed by atoms with Gasteiger partial charge in [-0.2, -0.15) is 0 Å². The molecule has 3 heteroatoms. The monoisotopic (exact) mass is 239 g/mol. The number of hydrogen-bond donors (Lipinski definition) is 2. The van der Waals surface area contributed by atoms with Crippen molar-refractivity contribution in [3.05, 3.63) is 0 Å². The van der Waals surface area contributed by atoms with Crippen molar-refractivity contribution in [3.8, 4) is 0 Å². The lowest BCUT2D eigenvalue weighted by Crippen LogP contribution is -2.38. The average Bonchev–Trinajstić information content (AvgIpc) is 2.23. The minimum Gasteiger partial charge on any atom is -0.388 e. The summed E-state index contributed by atoms with van der Waals surface area (Å²) in [6.45, 7) is 10.8. The van der Waals surface area contributed by atoms with Gasteiger partial charge in [-0.15, -0.1) is 0 Å². The molecule has 100 valence electrons. The lowest BCUT2D eigenvalue weighted by atomic mass is 9.75. The van der Waals surface area contributed by atoms with Crippen LogP contribution in [0.15, 0.2) is 0 Å². The number of unbranched alkanes of at least 4 members (excludes halogenated alkanes) is 1. The van der Waals surface area contributed by atoms with Gasteiger partial charge in [0, 0.05) is 6.42 Å². The smallest absolute Gasteiger partial charge is 0.0905 e. The summed E-state index contributed by atoms with van der Waals surface area (Å²) in [5.74, 6) is 1.22. The van der Waals surface area contributed by atoms with Crippen LogP contribution < -0.4 is 5.73 Å². The first-order chi connectivity index (χ1) is 7.89. The van der Waals surface area contributed by atoms with Crippen molar-refractivity contribution >= 4 is 5.84 Å². The van der Waals surface area contributed by atoms with Crippen LogP contribution in [-0.2, 0) is 0 Å². The molecule has 0 amide bonds. The molecule has 1 aliphatic rings. The van der Waals surface area contributed by atoms with Crippen molar-refractivity contribution in [2.45, 2.75) is 52.9 Å². The van der Waals surface area contributed by atoms with Gasteiger partial charge in [0.1, 0.15) is 0 Å². The first kappa shape index (κ1) is 14.5. The van der Waals surface area contributed by atoms with Gasteiger partial charge in [0.2, 0.25) is 0 Å². The number of nitrogens with two attached hydrogens (primary N) is 1. The predicted molar refractivity (Wildman–Crippen MR) is 74.4 cm³/mol. The highest BCUT2D eigenvalue weighted by atomic mass is 15.1. The Labute approximate surface area is 106 Å². The van der Waals surface area contributed by atoms with Crippen LogP contribution in [0.3, 0.4) is 0 Å². The molecule has 0 aromatic heterocycles. The van der Waals surface area contributed by atoms with Crippen molar-refractivity contribution in [1.29, 1.82) is 5.41 Å². The van der Waals surface area contributed by atoms with E-state index in [9.17, 15) is 0 Å². The van der Waals surface area contributed by atoms with Crippen LogP contribution in [0.1, 0.15) is 52.9 Å². The Kier molecular flexibility index (Phi) is 5.44. The van der Waals surface area contributed by atoms with Gasteiger partial charge in [0.25, 0.3) is 0 Å². The number of rotatable bonds is 5. The van der Waals surface area contributed by atoms with Crippen LogP contribution >= 0.6 is 0 Å². The fourth-order valence-electron chi connectivity index (χ4n) is 2.67. The zero-order valence-corrected chi connectivity index (χ0v) is 11.8. The van der Waals surface area contributed by atoms with Crippen LogP contribution in [0.2, 0.25) is 0 Å². The van der Waals surface area contributed by atoms with Gasteiger partial charge in [-0.25, -0.2) is 0 Å². The fourth-order valence-corrected chi connectivity index (χ4v) is 2.67. The Hall–Kier alpha value is -0.570. The third kappa shape index (κ3) is 5.53. The molecule has 0 aromatic rings. The van der Waals surface area contributed by atoms with Gasteiger partial charge in [0.15, 0.2) is 0 Å². The van der Waals surface area contributed by atoms with Crippen molar-refractivity contribution in [2.75, 3.05) is 19.6 Å². The summed E-state index contributed by atoms with van der Waals surface area (Å²) >= 11 is 0. The zero-order valence-electron chi connectivity index (χ0n) is 11.8. The molecule has 0 radical (unpaired) electrons. The minimum absolute atomic E-state index is 0.330. The van der Waals surface area contributed by atoms with E-state index < -0.39 is 0 Å². The second kappa shape index (κ2) is 6.39. The molecule has 1 fully saturated rings. The molecular formula is C14H29N3. The highest BCUT2D eigenvalue weighted by Crippen LogP contribution is 2.34. The summed E-state index contributed by atoms with van der Waals surface area (Å²) in [6, 6.07) is 0.